The van der Waals surface area contributed by atoms with Crippen LogP contribution in [0.5, 0.6) is 0 Å². The quantitative estimate of drug-likeness (QED) is 0.476. The van der Waals surface area contributed by atoms with E-state index in [-0.39, 0.29) is 19.0 Å². The van der Waals surface area contributed by atoms with Gasteiger partial charge in [-0.15, -0.1) is 0 Å². The number of aryl methyl sites for hydroxylation is 1. The van der Waals surface area contributed by atoms with Gasteiger partial charge < -0.3 is 9.47 Å². The number of aromatic nitrogens is 1. The van der Waals surface area contributed by atoms with Gasteiger partial charge in [0.2, 0.25) is 10.0 Å². The number of hydrogen-bond donors (Lipinski definition) is 0. The Bertz CT molecular complexity index is 1420. The van der Waals surface area contributed by atoms with Gasteiger partial charge in [-0.3, -0.25) is 4.79 Å². The van der Waals surface area contributed by atoms with Crippen LogP contribution in [0, 0.1) is 0 Å². The van der Waals surface area contributed by atoms with Crippen molar-refractivity contribution in [2.24, 2.45) is 0 Å². The van der Waals surface area contributed by atoms with E-state index >= 15 is 0 Å². The van der Waals surface area contributed by atoms with E-state index in [2.05, 4.69) is 0 Å². The largest absolute Gasteiger partial charge is 0.337 e. The molecule has 0 bridgehead atoms. The Kier molecular flexibility index (Phi) is 5.23. The van der Waals surface area contributed by atoms with Crippen LogP contribution in [0.15, 0.2) is 77.7 Å². The topological polar surface area (TPSA) is 62.6 Å². The van der Waals surface area contributed by atoms with Gasteiger partial charge in [-0.1, -0.05) is 48.5 Å². The van der Waals surface area contributed by atoms with E-state index in [1.54, 1.807) is 17.0 Å². The first-order valence-corrected chi connectivity index (χ1v) is 12.3. The smallest absolute Gasteiger partial charge is 0.270 e. The van der Waals surface area contributed by atoms with E-state index < -0.39 is 10.0 Å². The standard InChI is InChI=1S/C25H25N3O3S/c1-2-28-23-10-6-5-9-21(23)18-24(28)25(29)26-13-15-27(16-14-26)32(30,31)22-12-11-19-7-3-4-8-20(19)17-22/h3-12,17-18H,2,13-16H2,1H3. The molecule has 1 amide bonds. The second-order valence-electron chi connectivity index (χ2n) is 8.04. The molecule has 1 aromatic heterocycles. The van der Waals surface area contributed by atoms with E-state index in [1.807, 2.05) is 72.2 Å². The minimum Gasteiger partial charge on any atom is -0.337 e. The molecule has 0 aliphatic carbocycles. The Morgan fingerprint density at radius 1 is 0.812 bits per heavy atom. The number of para-hydroxylation sites is 1. The summed E-state index contributed by atoms with van der Waals surface area (Å²) >= 11 is 0. The summed E-state index contributed by atoms with van der Waals surface area (Å²) in [6.07, 6.45) is 0. The second kappa shape index (κ2) is 8.07. The maximum Gasteiger partial charge on any atom is 0.270 e. The lowest BCUT2D eigenvalue weighted by molar-refractivity contribution is 0.0687. The summed E-state index contributed by atoms with van der Waals surface area (Å²) in [4.78, 5) is 15.3. The zero-order valence-corrected chi connectivity index (χ0v) is 18.8. The van der Waals surface area contributed by atoms with Gasteiger partial charge in [0.15, 0.2) is 0 Å². The molecule has 1 aliphatic heterocycles. The number of carbonyl (C=O) groups excluding carboxylic acids is 1. The molecule has 0 spiro atoms. The Labute approximate surface area is 187 Å². The maximum absolute atomic E-state index is 13.3. The summed E-state index contributed by atoms with van der Waals surface area (Å²) in [5, 5.41) is 2.94. The van der Waals surface area contributed by atoms with Gasteiger partial charge in [0, 0.05) is 43.6 Å². The first-order chi connectivity index (χ1) is 15.5. The number of benzene rings is 3. The normalized spacial score (nSPS) is 15.5. The lowest BCUT2D eigenvalue weighted by Crippen LogP contribution is -2.50. The molecule has 0 N–H and O–H groups in total. The van der Waals surface area contributed by atoms with Crippen LogP contribution in [0.3, 0.4) is 0 Å². The lowest BCUT2D eigenvalue weighted by Gasteiger charge is -2.34. The van der Waals surface area contributed by atoms with Crippen molar-refractivity contribution in [3.05, 3.63) is 78.5 Å². The first-order valence-electron chi connectivity index (χ1n) is 10.9. The van der Waals surface area contributed by atoms with Crippen molar-refractivity contribution in [3.63, 3.8) is 0 Å². The number of carbonyl (C=O) groups is 1. The van der Waals surface area contributed by atoms with Crippen LogP contribution < -0.4 is 0 Å². The monoisotopic (exact) mass is 447 g/mol. The Morgan fingerprint density at radius 2 is 1.47 bits per heavy atom. The van der Waals surface area contributed by atoms with Crippen LogP contribution in [0.25, 0.3) is 21.7 Å². The predicted octanol–water partition coefficient (Wildman–Crippen LogP) is 3.96. The zero-order valence-electron chi connectivity index (χ0n) is 17.9. The minimum absolute atomic E-state index is 0.0502. The summed E-state index contributed by atoms with van der Waals surface area (Å²) < 4.78 is 29.9. The van der Waals surface area contributed by atoms with Crippen molar-refractivity contribution < 1.29 is 13.2 Å². The number of fused-ring (bicyclic) bond motifs is 2. The molecule has 32 heavy (non-hydrogen) atoms. The van der Waals surface area contributed by atoms with Crippen molar-refractivity contribution >= 4 is 37.6 Å². The Hall–Kier alpha value is -3.16. The van der Waals surface area contributed by atoms with E-state index in [1.165, 1.54) is 4.31 Å². The highest BCUT2D eigenvalue weighted by Gasteiger charge is 2.31. The van der Waals surface area contributed by atoms with Gasteiger partial charge in [-0.25, -0.2) is 8.42 Å². The summed E-state index contributed by atoms with van der Waals surface area (Å²) in [5.74, 6) is -0.0502. The number of piperazine rings is 1. The molecule has 0 unspecified atom stereocenters. The van der Waals surface area contributed by atoms with Crippen LogP contribution in [0.1, 0.15) is 17.4 Å². The molecule has 164 valence electrons. The average molecular weight is 448 g/mol. The number of rotatable bonds is 4. The number of amides is 1. The highest BCUT2D eigenvalue weighted by molar-refractivity contribution is 7.89. The van der Waals surface area contributed by atoms with Gasteiger partial charge in [0.25, 0.3) is 5.91 Å². The molecule has 5 rings (SSSR count). The van der Waals surface area contributed by atoms with Crippen molar-refractivity contribution in [1.82, 2.24) is 13.8 Å². The van der Waals surface area contributed by atoms with Crippen molar-refractivity contribution in [3.8, 4) is 0 Å². The highest BCUT2D eigenvalue weighted by Crippen LogP contribution is 2.25. The number of hydrogen-bond acceptors (Lipinski definition) is 3. The molecule has 4 aromatic rings. The highest BCUT2D eigenvalue weighted by atomic mass is 32.2. The SMILES string of the molecule is CCn1c(C(=O)N2CCN(S(=O)(=O)c3ccc4ccccc4c3)CC2)cc2ccccc21. The fraction of sp³-hybridized carbons (Fsp3) is 0.240. The lowest BCUT2D eigenvalue weighted by atomic mass is 10.1. The van der Waals surface area contributed by atoms with Gasteiger partial charge in [-0.05, 0) is 42.0 Å². The van der Waals surface area contributed by atoms with Gasteiger partial charge >= 0.3 is 0 Å². The Morgan fingerprint density at radius 3 is 2.19 bits per heavy atom. The van der Waals surface area contributed by atoms with Gasteiger partial charge in [0.1, 0.15) is 5.69 Å². The van der Waals surface area contributed by atoms with E-state index in [4.69, 9.17) is 0 Å². The summed E-state index contributed by atoms with van der Waals surface area (Å²) in [6.45, 7) is 4.04. The molecule has 0 saturated carbocycles. The van der Waals surface area contributed by atoms with Crippen molar-refractivity contribution in [2.75, 3.05) is 26.2 Å². The molecule has 1 saturated heterocycles. The summed E-state index contributed by atoms with van der Waals surface area (Å²) in [6, 6.07) is 22.8. The minimum atomic E-state index is -3.61. The fourth-order valence-corrected chi connectivity index (χ4v) is 5.96. The summed E-state index contributed by atoms with van der Waals surface area (Å²) in [5.41, 5.74) is 1.69. The molecule has 0 atom stereocenters. The van der Waals surface area contributed by atoms with E-state index in [9.17, 15) is 13.2 Å². The average Bonchev–Trinajstić information content (AvgIpc) is 3.22. The van der Waals surface area contributed by atoms with Gasteiger partial charge in [0.05, 0.1) is 4.90 Å². The molecule has 7 heteroatoms. The fourth-order valence-electron chi connectivity index (χ4n) is 4.50. The molecule has 2 heterocycles. The Balaban J connectivity index is 1.35. The molecule has 6 nitrogen and oxygen atoms in total. The molecule has 1 aliphatic rings. The molecule has 0 radical (unpaired) electrons. The molecular weight excluding hydrogens is 422 g/mol. The zero-order chi connectivity index (χ0) is 22.3. The van der Waals surface area contributed by atoms with Crippen LogP contribution in [-0.2, 0) is 16.6 Å². The molecule has 3 aromatic carbocycles. The maximum atomic E-state index is 13.3. The van der Waals surface area contributed by atoms with Crippen LogP contribution in [0.2, 0.25) is 0 Å². The van der Waals surface area contributed by atoms with Crippen LogP contribution in [-0.4, -0.2) is 54.3 Å². The number of sulfonamides is 1. The van der Waals surface area contributed by atoms with Gasteiger partial charge in [-0.2, -0.15) is 4.31 Å². The number of nitrogens with zero attached hydrogens (tertiary/aromatic N) is 3. The third kappa shape index (κ3) is 3.47. The molecular formula is C25H25N3O3S. The predicted molar refractivity (Wildman–Crippen MR) is 126 cm³/mol. The summed E-state index contributed by atoms with van der Waals surface area (Å²) in [7, 11) is -3.61. The third-order valence-electron chi connectivity index (χ3n) is 6.23. The molecule has 1 fully saturated rings. The first kappa shape index (κ1) is 20.7. The van der Waals surface area contributed by atoms with Crippen molar-refractivity contribution in [1.29, 1.82) is 0 Å². The van der Waals surface area contributed by atoms with Crippen LogP contribution in [0.4, 0.5) is 0 Å². The van der Waals surface area contributed by atoms with E-state index in [0.29, 0.717) is 30.2 Å². The van der Waals surface area contributed by atoms with Crippen LogP contribution >= 0.6 is 0 Å². The van der Waals surface area contributed by atoms with E-state index in [0.717, 1.165) is 21.7 Å². The third-order valence-corrected chi connectivity index (χ3v) is 8.13. The van der Waals surface area contributed by atoms with Crippen molar-refractivity contribution in [2.45, 2.75) is 18.4 Å². The second-order valence-corrected chi connectivity index (χ2v) is 9.98.